The number of hydrogen-bond acceptors (Lipinski definition) is 5. The molecule has 30 heavy (non-hydrogen) atoms. The van der Waals surface area contributed by atoms with E-state index in [1.807, 2.05) is 17.5 Å². The monoisotopic (exact) mass is 429 g/mol. The first-order chi connectivity index (χ1) is 14.6. The zero-order valence-corrected chi connectivity index (χ0v) is 17.1. The Balaban J connectivity index is 1.39. The molecule has 0 radical (unpaired) electrons. The van der Waals surface area contributed by atoms with Crippen LogP contribution in [0.5, 0.6) is 0 Å². The summed E-state index contributed by atoms with van der Waals surface area (Å²) in [7, 11) is 0. The molecule has 2 aromatic carbocycles. The number of rotatable bonds is 6. The number of benzene rings is 2. The Morgan fingerprint density at radius 3 is 2.77 bits per heavy atom. The SMILES string of the molecule is O=C(Cc1csc(-c2cccc(CN3CCOCC3)c2)n1)Nc1ccc(F)c(F)c1. The van der Waals surface area contributed by atoms with Crippen molar-refractivity contribution in [1.29, 1.82) is 0 Å². The number of hydrogen-bond donors (Lipinski definition) is 1. The fourth-order valence-corrected chi connectivity index (χ4v) is 4.10. The van der Waals surface area contributed by atoms with E-state index in [0.29, 0.717) is 5.69 Å². The molecular weight excluding hydrogens is 408 g/mol. The van der Waals surface area contributed by atoms with E-state index in [0.717, 1.165) is 55.6 Å². The highest BCUT2D eigenvalue weighted by molar-refractivity contribution is 7.13. The first-order valence-corrected chi connectivity index (χ1v) is 10.5. The van der Waals surface area contributed by atoms with Crippen LogP contribution in [-0.2, 0) is 22.5 Å². The van der Waals surface area contributed by atoms with Crippen LogP contribution in [0.4, 0.5) is 14.5 Å². The molecule has 4 rings (SSSR count). The van der Waals surface area contributed by atoms with Crippen LogP contribution in [-0.4, -0.2) is 42.1 Å². The number of aromatic nitrogens is 1. The second-order valence-corrected chi connectivity index (χ2v) is 7.94. The molecule has 1 N–H and O–H groups in total. The minimum absolute atomic E-state index is 0.0585. The van der Waals surface area contributed by atoms with Gasteiger partial charge in [0.25, 0.3) is 0 Å². The van der Waals surface area contributed by atoms with Crippen molar-refractivity contribution in [3.8, 4) is 10.6 Å². The minimum atomic E-state index is -0.999. The highest BCUT2D eigenvalue weighted by Gasteiger charge is 2.13. The van der Waals surface area contributed by atoms with Crippen molar-refractivity contribution >= 4 is 22.9 Å². The van der Waals surface area contributed by atoms with Crippen LogP contribution >= 0.6 is 11.3 Å². The van der Waals surface area contributed by atoms with Crippen molar-refractivity contribution in [2.75, 3.05) is 31.6 Å². The quantitative estimate of drug-likeness (QED) is 0.641. The summed E-state index contributed by atoms with van der Waals surface area (Å²) in [5.41, 5.74) is 3.07. The molecule has 0 bridgehead atoms. The Kier molecular flexibility index (Phi) is 6.47. The number of anilines is 1. The lowest BCUT2D eigenvalue weighted by atomic mass is 10.1. The van der Waals surface area contributed by atoms with Gasteiger partial charge < -0.3 is 10.1 Å². The number of thiazole rings is 1. The maximum atomic E-state index is 13.3. The Labute approximate surface area is 177 Å². The van der Waals surface area contributed by atoms with Gasteiger partial charge in [0.05, 0.1) is 25.3 Å². The van der Waals surface area contributed by atoms with Crippen LogP contribution in [0.3, 0.4) is 0 Å². The molecule has 1 aliphatic rings. The maximum Gasteiger partial charge on any atom is 0.230 e. The second-order valence-electron chi connectivity index (χ2n) is 7.09. The smallest absolute Gasteiger partial charge is 0.230 e. The predicted molar refractivity (Wildman–Crippen MR) is 112 cm³/mol. The van der Waals surface area contributed by atoms with Gasteiger partial charge in [-0.1, -0.05) is 18.2 Å². The number of amides is 1. The van der Waals surface area contributed by atoms with E-state index < -0.39 is 11.6 Å². The Morgan fingerprint density at radius 1 is 1.13 bits per heavy atom. The van der Waals surface area contributed by atoms with Crippen molar-refractivity contribution in [3.05, 3.63) is 70.7 Å². The van der Waals surface area contributed by atoms with Gasteiger partial charge in [-0.3, -0.25) is 9.69 Å². The fourth-order valence-electron chi connectivity index (χ4n) is 3.28. The first kappa shape index (κ1) is 20.6. The van der Waals surface area contributed by atoms with E-state index in [1.165, 1.54) is 23.0 Å². The molecule has 1 fully saturated rings. The second kappa shape index (κ2) is 9.42. The van der Waals surface area contributed by atoms with Crippen LogP contribution in [0.15, 0.2) is 47.8 Å². The molecule has 0 unspecified atom stereocenters. The Morgan fingerprint density at radius 2 is 1.97 bits per heavy atom. The van der Waals surface area contributed by atoms with Gasteiger partial charge in [0.15, 0.2) is 11.6 Å². The fraction of sp³-hybridized carbons (Fsp3) is 0.273. The molecule has 2 heterocycles. The lowest BCUT2D eigenvalue weighted by molar-refractivity contribution is -0.115. The number of halogens is 2. The third kappa shape index (κ3) is 5.27. The molecule has 156 valence electrons. The van der Waals surface area contributed by atoms with Crippen LogP contribution in [0.2, 0.25) is 0 Å². The van der Waals surface area contributed by atoms with Gasteiger partial charge in [-0.05, 0) is 23.8 Å². The zero-order valence-electron chi connectivity index (χ0n) is 16.2. The van der Waals surface area contributed by atoms with Gasteiger partial charge in [-0.15, -0.1) is 11.3 Å². The van der Waals surface area contributed by atoms with Gasteiger partial charge in [0.2, 0.25) is 5.91 Å². The summed E-state index contributed by atoms with van der Waals surface area (Å²) < 4.78 is 31.7. The van der Waals surface area contributed by atoms with E-state index in [-0.39, 0.29) is 18.0 Å². The van der Waals surface area contributed by atoms with Crippen LogP contribution < -0.4 is 5.32 Å². The molecule has 8 heteroatoms. The molecule has 1 saturated heterocycles. The van der Waals surface area contributed by atoms with E-state index >= 15 is 0 Å². The lowest BCUT2D eigenvalue weighted by Crippen LogP contribution is -2.35. The van der Waals surface area contributed by atoms with Crippen LogP contribution in [0.25, 0.3) is 10.6 Å². The first-order valence-electron chi connectivity index (χ1n) is 9.65. The van der Waals surface area contributed by atoms with Gasteiger partial charge in [-0.2, -0.15) is 0 Å². The molecule has 1 aliphatic heterocycles. The summed E-state index contributed by atoms with van der Waals surface area (Å²) in [5.74, 6) is -2.28. The van der Waals surface area contributed by atoms with Crippen molar-refractivity contribution < 1.29 is 18.3 Å². The van der Waals surface area contributed by atoms with Gasteiger partial charge >= 0.3 is 0 Å². The highest BCUT2D eigenvalue weighted by atomic mass is 32.1. The van der Waals surface area contributed by atoms with E-state index in [1.54, 1.807) is 0 Å². The topological polar surface area (TPSA) is 54.5 Å². The molecule has 0 spiro atoms. The molecule has 1 amide bonds. The third-order valence-corrected chi connectivity index (χ3v) is 5.72. The molecule has 0 saturated carbocycles. The number of carbonyl (C=O) groups excluding carboxylic acids is 1. The van der Waals surface area contributed by atoms with Crippen molar-refractivity contribution in [1.82, 2.24) is 9.88 Å². The van der Waals surface area contributed by atoms with Crippen molar-refractivity contribution in [2.24, 2.45) is 0 Å². The summed E-state index contributed by atoms with van der Waals surface area (Å²) in [4.78, 5) is 19.2. The van der Waals surface area contributed by atoms with Gasteiger partial charge in [0, 0.05) is 42.3 Å². The number of nitrogens with one attached hydrogen (secondary N) is 1. The van der Waals surface area contributed by atoms with Gasteiger partial charge in [0.1, 0.15) is 5.01 Å². The maximum absolute atomic E-state index is 13.3. The standard InChI is InChI=1S/C22H21F2N3O2S/c23-19-5-4-17(11-20(19)24)25-21(28)12-18-14-30-22(26-18)16-3-1-2-15(10-16)13-27-6-8-29-9-7-27/h1-5,10-11,14H,6-9,12-13H2,(H,25,28). The number of nitrogens with zero attached hydrogens (tertiary/aromatic N) is 2. The molecule has 1 aromatic heterocycles. The molecule has 3 aromatic rings. The lowest BCUT2D eigenvalue weighted by Gasteiger charge is -2.26. The van der Waals surface area contributed by atoms with E-state index in [9.17, 15) is 13.6 Å². The van der Waals surface area contributed by atoms with E-state index in [2.05, 4.69) is 27.3 Å². The summed E-state index contributed by atoms with van der Waals surface area (Å²) in [6.07, 6.45) is 0.0585. The van der Waals surface area contributed by atoms with Crippen molar-refractivity contribution in [3.63, 3.8) is 0 Å². The Hall–Kier alpha value is -2.68. The van der Waals surface area contributed by atoms with Crippen LogP contribution in [0, 0.1) is 11.6 Å². The molecule has 0 atom stereocenters. The number of carbonyl (C=O) groups is 1. The summed E-state index contributed by atoms with van der Waals surface area (Å²) >= 11 is 1.48. The average Bonchev–Trinajstić information content (AvgIpc) is 3.20. The predicted octanol–water partition coefficient (Wildman–Crippen LogP) is 4.10. The third-order valence-electron chi connectivity index (χ3n) is 4.78. The number of morpholine rings is 1. The molecule has 5 nitrogen and oxygen atoms in total. The summed E-state index contributed by atoms with van der Waals surface area (Å²) in [5, 5.41) is 5.25. The summed E-state index contributed by atoms with van der Waals surface area (Å²) in [6.45, 7) is 4.26. The zero-order chi connectivity index (χ0) is 20.9. The molecular formula is C22H21F2N3O2S. The summed E-state index contributed by atoms with van der Waals surface area (Å²) in [6, 6.07) is 11.5. The van der Waals surface area contributed by atoms with Crippen molar-refractivity contribution in [2.45, 2.75) is 13.0 Å². The molecule has 0 aliphatic carbocycles. The average molecular weight is 429 g/mol. The number of ether oxygens (including phenoxy) is 1. The highest BCUT2D eigenvalue weighted by Crippen LogP contribution is 2.25. The van der Waals surface area contributed by atoms with Gasteiger partial charge in [-0.25, -0.2) is 13.8 Å². The Bertz CT molecular complexity index is 1030. The largest absolute Gasteiger partial charge is 0.379 e. The van der Waals surface area contributed by atoms with E-state index in [4.69, 9.17) is 4.74 Å². The minimum Gasteiger partial charge on any atom is -0.379 e. The normalized spacial score (nSPS) is 14.6. The van der Waals surface area contributed by atoms with Crippen LogP contribution in [0.1, 0.15) is 11.3 Å².